The predicted octanol–water partition coefficient (Wildman–Crippen LogP) is 2.66. The van der Waals surface area contributed by atoms with Crippen molar-refractivity contribution in [2.75, 3.05) is 0 Å². The highest BCUT2D eigenvalue weighted by molar-refractivity contribution is 14.1. The summed E-state index contributed by atoms with van der Waals surface area (Å²) in [6, 6.07) is 7.09. The van der Waals surface area contributed by atoms with Crippen LogP contribution in [0.4, 0.5) is 0 Å². The van der Waals surface area contributed by atoms with E-state index in [1.165, 1.54) is 6.92 Å². The van der Waals surface area contributed by atoms with Gasteiger partial charge in [-0.3, -0.25) is 4.79 Å². The summed E-state index contributed by atoms with van der Waals surface area (Å²) in [5, 5.41) is 11.8. The first-order valence-corrected chi connectivity index (χ1v) is 6.79. The standard InChI is InChI=1S/C13H16INO3/c1-3-8-13(2,12(17)18)15-11(16)9-6-4-5-7-10(9)14/h4-7H,3,8H2,1-2H3,(H,15,16)(H,17,18). The van der Waals surface area contributed by atoms with Gasteiger partial charge in [-0.2, -0.15) is 0 Å². The Bertz CT molecular complexity index is 461. The third-order valence-corrected chi connectivity index (χ3v) is 3.67. The van der Waals surface area contributed by atoms with Gasteiger partial charge in [0.25, 0.3) is 5.91 Å². The minimum atomic E-state index is -1.22. The van der Waals surface area contributed by atoms with Crippen LogP contribution in [0.25, 0.3) is 0 Å². The second-order valence-electron chi connectivity index (χ2n) is 4.32. The zero-order chi connectivity index (χ0) is 13.8. The molecule has 0 saturated heterocycles. The summed E-state index contributed by atoms with van der Waals surface area (Å²) in [5.41, 5.74) is -0.716. The minimum Gasteiger partial charge on any atom is -0.480 e. The molecule has 98 valence electrons. The quantitative estimate of drug-likeness (QED) is 0.793. The molecular formula is C13H16INO3. The van der Waals surface area contributed by atoms with Crippen LogP contribution in [0, 0.1) is 3.57 Å². The third-order valence-electron chi connectivity index (χ3n) is 2.73. The Morgan fingerprint density at radius 2 is 2.00 bits per heavy atom. The smallest absolute Gasteiger partial charge is 0.329 e. The highest BCUT2D eigenvalue weighted by Crippen LogP contribution is 2.16. The Kier molecular flexibility index (Phi) is 5.13. The summed E-state index contributed by atoms with van der Waals surface area (Å²) in [6.45, 7) is 3.42. The van der Waals surface area contributed by atoms with E-state index in [1.54, 1.807) is 12.1 Å². The molecule has 0 saturated carbocycles. The summed E-state index contributed by atoms with van der Waals surface area (Å²) in [6.07, 6.45) is 1.09. The number of carbonyl (C=O) groups is 2. The van der Waals surface area contributed by atoms with Crippen LogP contribution in [0.1, 0.15) is 37.0 Å². The summed E-state index contributed by atoms with van der Waals surface area (Å²) in [5.74, 6) is -1.36. The average Bonchev–Trinajstić information content (AvgIpc) is 2.29. The number of benzene rings is 1. The molecule has 0 fully saturated rings. The van der Waals surface area contributed by atoms with Crippen molar-refractivity contribution in [3.05, 3.63) is 33.4 Å². The number of carboxylic acid groups (broad SMARTS) is 1. The fourth-order valence-electron chi connectivity index (χ4n) is 1.69. The molecule has 0 aliphatic heterocycles. The fourth-order valence-corrected chi connectivity index (χ4v) is 2.32. The van der Waals surface area contributed by atoms with Gasteiger partial charge in [-0.15, -0.1) is 0 Å². The number of hydrogen-bond acceptors (Lipinski definition) is 2. The lowest BCUT2D eigenvalue weighted by atomic mass is 9.96. The van der Waals surface area contributed by atoms with Crippen LogP contribution in [-0.4, -0.2) is 22.5 Å². The SMILES string of the molecule is CCCC(C)(NC(=O)c1ccccc1I)C(=O)O. The summed E-state index contributed by atoms with van der Waals surface area (Å²) >= 11 is 2.06. The van der Waals surface area contributed by atoms with E-state index in [0.717, 1.165) is 3.57 Å². The number of amides is 1. The maximum Gasteiger partial charge on any atom is 0.329 e. The van der Waals surface area contributed by atoms with Crippen LogP contribution in [0.2, 0.25) is 0 Å². The van der Waals surface area contributed by atoms with E-state index in [4.69, 9.17) is 0 Å². The van der Waals surface area contributed by atoms with Gasteiger partial charge in [0.2, 0.25) is 0 Å². The molecule has 0 aliphatic carbocycles. The second-order valence-corrected chi connectivity index (χ2v) is 5.48. The molecule has 0 radical (unpaired) electrons. The molecule has 1 atom stereocenters. The van der Waals surface area contributed by atoms with Crippen molar-refractivity contribution in [1.29, 1.82) is 0 Å². The van der Waals surface area contributed by atoms with Gasteiger partial charge < -0.3 is 10.4 Å². The van der Waals surface area contributed by atoms with E-state index < -0.39 is 11.5 Å². The number of nitrogens with one attached hydrogen (secondary N) is 1. The Morgan fingerprint density at radius 1 is 1.39 bits per heavy atom. The van der Waals surface area contributed by atoms with E-state index in [9.17, 15) is 14.7 Å². The molecule has 5 heteroatoms. The summed E-state index contributed by atoms with van der Waals surface area (Å²) < 4.78 is 0.803. The van der Waals surface area contributed by atoms with Crippen molar-refractivity contribution < 1.29 is 14.7 Å². The Balaban J connectivity index is 2.93. The molecule has 4 nitrogen and oxygen atoms in total. The van der Waals surface area contributed by atoms with Gasteiger partial charge in [0.1, 0.15) is 5.54 Å². The molecule has 0 spiro atoms. The minimum absolute atomic E-state index is 0.349. The first kappa shape index (κ1) is 14.9. The first-order valence-electron chi connectivity index (χ1n) is 5.71. The van der Waals surface area contributed by atoms with Crippen molar-refractivity contribution in [2.45, 2.75) is 32.2 Å². The monoisotopic (exact) mass is 361 g/mol. The Hall–Kier alpha value is -1.11. The number of carboxylic acids is 1. The highest BCUT2D eigenvalue weighted by Gasteiger charge is 2.34. The molecular weight excluding hydrogens is 345 g/mol. The molecule has 0 heterocycles. The van der Waals surface area contributed by atoms with Crippen LogP contribution >= 0.6 is 22.6 Å². The Morgan fingerprint density at radius 3 is 2.50 bits per heavy atom. The topological polar surface area (TPSA) is 66.4 Å². The number of hydrogen-bond donors (Lipinski definition) is 2. The lowest BCUT2D eigenvalue weighted by molar-refractivity contribution is -0.144. The number of halogens is 1. The number of carbonyl (C=O) groups excluding carboxylic acids is 1. The maximum atomic E-state index is 12.1. The molecule has 18 heavy (non-hydrogen) atoms. The fraction of sp³-hybridized carbons (Fsp3) is 0.385. The van der Waals surface area contributed by atoms with Crippen molar-refractivity contribution in [3.63, 3.8) is 0 Å². The molecule has 2 N–H and O–H groups in total. The normalized spacial score (nSPS) is 13.7. The van der Waals surface area contributed by atoms with Crippen molar-refractivity contribution in [2.24, 2.45) is 0 Å². The van der Waals surface area contributed by atoms with Crippen molar-refractivity contribution in [1.82, 2.24) is 5.32 Å². The molecule has 0 aliphatic rings. The molecule has 1 aromatic carbocycles. The van der Waals surface area contributed by atoms with Gasteiger partial charge in [-0.1, -0.05) is 25.5 Å². The highest BCUT2D eigenvalue weighted by atomic mass is 127. The largest absolute Gasteiger partial charge is 0.480 e. The molecule has 0 aromatic heterocycles. The van der Waals surface area contributed by atoms with Crippen LogP contribution < -0.4 is 5.32 Å². The molecule has 1 unspecified atom stereocenters. The lowest BCUT2D eigenvalue weighted by Gasteiger charge is -2.26. The van der Waals surface area contributed by atoms with Crippen molar-refractivity contribution >= 4 is 34.5 Å². The van der Waals surface area contributed by atoms with E-state index in [0.29, 0.717) is 18.4 Å². The lowest BCUT2D eigenvalue weighted by Crippen LogP contribution is -2.52. The second kappa shape index (κ2) is 6.17. The van der Waals surface area contributed by atoms with Gasteiger partial charge in [-0.25, -0.2) is 4.79 Å². The van der Waals surface area contributed by atoms with Crippen LogP contribution in [-0.2, 0) is 4.79 Å². The van der Waals surface area contributed by atoms with Gasteiger partial charge in [0, 0.05) is 3.57 Å². The van der Waals surface area contributed by atoms with Gasteiger partial charge >= 0.3 is 5.97 Å². The van der Waals surface area contributed by atoms with Gasteiger partial charge in [-0.05, 0) is 48.1 Å². The van der Waals surface area contributed by atoms with Gasteiger partial charge in [0.15, 0.2) is 0 Å². The molecule has 1 rings (SSSR count). The predicted molar refractivity (Wildman–Crippen MR) is 77.6 cm³/mol. The maximum absolute atomic E-state index is 12.1. The number of rotatable bonds is 5. The molecule has 0 bridgehead atoms. The zero-order valence-corrected chi connectivity index (χ0v) is 12.5. The van der Waals surface area contributed by atoms with Crippen LogP contribution in [0.15, 0.2) is 24.3 Å². The zero-order valence-electron chi connectivity index (χ0n) is 10.4. The third kappa shape index (κ3) is 3.44. The molecule has 1 amide bonds. The molecule has 1 aromatic rings. The first-order chi connectivity index (χ1) is 8.40. The van der Waals surface area contributed by atoms with Crippen LogP contribution in [0.5, 0.6) is 0 Å². The number of aliphatic carboxylic acids is 1. The summed E-state index contributed by atoms with van der Waals surface area (Å²) in [7, 11) is 0. The van der Waals surface area contributed by atoms with E-state index >= 15 is 0 Å². The van der Waals surface area contributed by atoms with E-state index in [1.807, 2.05) is 19.1 Å². The Labute approximate surface area is 120 Å². The van der Waals surface area contributed by atoms with E-state index in [-0.39, 0.29) is 5.91 Å². The van der Waals surface area contributed by atoms with Crippen molar-refractivity contribution in [3.8, 4) is 0 Å². The van der Waals surface area contributed by atoms with E-state index in [2.05, 4.69) is 27.9 Å². The van der Waals surface area contributed by atoms with Crippen LogP contribution in [0.3, 0.4) is 0 Å². The average molecular weight is 361 g/mol. The summed E-state index contributed by atoms with van der Waals surface area (Å²) in [4.78, 5) is 23.3. The van der Waals surface area contributed by atoms with Gasteiger partial charge in [0.05, 0.1) is 5.56 Å².